The van der Waals surface area contributed by atoms with Gasteiger partial charge in [0.25, 0.3) is 0 Å². The normalized spacial score (nSPS) is 20.6. The molecule has 8 atom stereocenters. The first-order valence-electron chi connectivity index (χ1n) is 27.5. The molecule has 0 saturated carbocycles. The summed E-state index contributed by atoms with van der Waals surface area (Å²) in [7, 11) is 0. The lowest BCUT2D eigenvalue weighted by Gasteiger charge is -2.40. The molecule has 0 aromatic carbocycles. The van der Waals surface area contributed by atoms with E-state index in [-0.39, 0.29) is 6.61 Å². The first kappa shape index (κ1) is 62.1. The van der Waals surface area contributed by atoms with E-state index in [9.17, 15) is 35.4 Å². The number of carbonyl (C=O) groups excluding carboxylic acids is 1. The van der Waals surface area contributed by atoms with Crippen LogP contribution in [0.1, 0.15) is 239 Å². The zero-order valence-electron chi connectivity index (χ0n) is 42.3. The number of nitrogens with one attached hydrogen (secondary N) is 1. The summed E-state index contributed by atoms with van der Waals surface area (Å²) in [6, 6.07) is -0.999. The molecule has 386 valence electrons. The van der Waals surface area contributed by atoms with Crippen molar-refractivity contribution in [3.05, 3.63) is 48.6 Å². The summed E-state index contributed by atoms with van der Waals surface area (Å²) in [4.78, 5) is 13.1. The van der Waals surface area contributed by atoms with Crippen molar-refractivity contribution in [3.63, 3.8) is 0 Å². The second-order valence-corrected chi connectivity index (χ2v) is 19.2. The van der Waals surface area contributed by atoms with E-state index < -0.39 is 61.5 Å². The maximum Gasteiger partial charge on any atom is 0.249 e. The third-order valence-electron chi connectivity index (χ3n) is 13.0. The molecule has 0 aromatic rings. The van der Waals surface area contributed by atoms with Gasteiger partial charge in [-0.25, -0.2) is 0 Å². The predicted octanol–water partition coefficient (Wildman–Crippen LogP) is 11.9. The molecule has 0 aromatic heterocycles. The molecule has 0 spiro atoms. The predicted molar refractivity (Wildman–Crippen MR) is 273 cm³/mol. The molecular weight excluding hydrogens is 831 g/mol. The number of hydrogen-bond acceptors (Lipinski definition) is 9. The molecule has 66 heavy (non-hydrogen) atoms. The molecule has 1 amide bonds. The van der Waals surface area contributed by atoms with E-state index in [1.54, 1.807) is 6.08 Å². The van der Waals surface area contributed by atoms with Crippen molar-refractivity contribution in [2.75, 3.05) is 13.2 Å². The van der Waals surface area contributed by atoms with E-state index >= 15 is 0 Å². The molecule has 10 heteroatoms. The molecule has 8 unspecified atom stereocenters. The zero-order valence-corrected chi connectivity index (χ0v) is 42.3. The van der Waals surface area contributed by atoms with Gasteiger partial charge in [-0.3, -0.25) is 4.79 Å². The molecule has 0 aliphatic carbocycles. The molecule has 1 heterocycles. The molecule has 0 radical (unpaired) electrons. The Kier molecular flexibility index (Phi) is 42.9. The Hall–Kier alpha value is -1.89. The summed E-state index contributed by atoms with van der Waals surface area (Å²) in [5.74, 6) is -0.629. The minimum Gasteiger partial charge on any atom is -0.394 e. The lowest BCUT2D eigenvalue weighted by molar-refractivity contribution is -0.302. The average molecular weight is 934 g/mol. The SMILES string of the molecule is CCCCCCCCCCC/C=C\C/C=C\CCCCCCCCCCCCC(O)C(=O)NC(COC1OC(CO)C(O)C(O)C1O)C(O)/C=C/CC/C=C/CCCCCCCCCCC. The van der Waals surface area contributed by atoms with Crippen LogP contribution in [0.4, 0.5) is 0 Å². The summed E-state index contributed by atoms with van der Waals surface area (Å²) >= 11 is 0. The maximum absolute atomic E-state index is 13.1. The Bertz CT molecular complexity index is 1190. The topological polar surface area (TPSA) is 169 Å². The van der Waals surface area contributed by atoms with Gasteiger partial charge >= 0.3 is 0 Å². The quantitative estimate of drug-likeness (QED) is 0.0232. The Balaban J connectivity index is 2.29. The molecule has 1 saturated heterocycles. The van der Waals surface area contributed by atoms with Gasteiger partial charge in [0.05, 0.1) is 25.4 Å². The number of hydrogen-bond donors (Lipinski definition) is 7. The third kappa shape index (κ3) is 34.4. The van der Waals surface area contributed by atoms with Gasteiger partial charge in [-0.05, 0) is 64.2 Å². The van der Waals surface area contributed by atoms with E-state index in [1.165, 1.54) is 167 Å². The first-order chi connectivity index (χ1) is 32.3. The van der Waals surface area contributed by atoms with Gasteiger partial charge in [0.15, 0.2) is 6.29 Å². The molecule has 1 rings (SSSR count). The first-order valence-corrected chi connectivity index (χ1v) is 27.5. The van der Waals surface area contributed by atoms with Gasteiger partial charge in [0, 0.05) is 0 Å². The van der Waals surface area contributed by atoms with E-state index in [4.69, 9.17) is 9.47 Å². The van der Waals surface area contributed by atoms with E-state index in [0.717, 1.165) is 38.5 Å². The van der Waals surface area contributed by atoms with Crippen molar-refractivity contribution < 1.29 is 44.9 Å². The van der Waals surface area contributed by atoms with Crippen LogP contribution >= 0.6 is 0 Å². The van der Waals surface area contributed by atoms with Gasteiger partial charge in [-0.15, -0.1) is 0 Å². The highest BCUT2D eigenvalue weighted by Crippen LogP contribution is 2.23. The smallest absolute Gasteiger partial charge is 0.249 e. The molecular formula is C56H103NO9. The lowest BCUT2D eigenvalue weighted by atomic mass is 9.99. The van der Waals surface area contributed by atoms with Crippen molar-refractivity contribution in [2.45, 2.75) is 288 Å². The van der Waals surface area contributed by atoms with Crippen LogP contribution < -0.4 is 5.32 Å². The monoisotopic (exact) mass is 934 g/mol. The Morgan fingerprint density at radius 3 is 1.41 bits per heavy atom. The van der Waals surface area contributed by atoms with Crippen LogP contribution in [0, 0.1) is 0 Å². The van der Waals surface area contributed by atoms with Crippen LogP contribution in [-0.2, 0) is 14.3 Å². The largest absolute Gasteiger partial charge is 0.394 e. The number of aliphatic hydroxyl groups excluding tert-OH is 6. The molecule has 1 aliphatic rings. The number of carbonyl (C=O) groups is 1. The minimum absolute atomic E-state index is 0.299. The Labute approximate surface area is 404 Å². The van der Waals surface area contributed by atoms with E-state index in [2.05, 4.69) is 55.6 Å². The molecule has 0 bridgehead atoms. The van der Waals surface area contributed by atoms with Crippen molar-refractivity contribution in [1.29, 1.82) is 0 Å². The molecule has 7 N–H and O–H groups in total. The highest BCUT2D eigenvalue weighted by molar-refractivity contribution is 5.80. The maximum atomic E-state index is 13.1. The van der Waals surface area contributed by atoms with Crippen molar-refractivity contribution in [3.8, 4) is 0 Å². The number of amides is 1. The summed E-state index contributed by atoms with van der Waals surface area (Å²) in [5.41, 5.74) is 0. The number of unbranched alkanes of at least 4 members (excludes halogenated alkanes) is 29. The third-order valence-corrected chi connectivity index (χ3v) is 13.0. The van der Waals surface area contributed by atoms with E-state index in [1.807, 2.05) is 6.08 Å². The second-order valence-electron chi connectivity index (χ2n) is 19.2. The van der Waals surface area contributed by atoms with Gasteiger partial charge in [0.2, 0.25) is 5.91 Å². The number of ether oxygens (including phenoxy) is 2. The van der Waals surface area contributed by atoms with Crippen molar-refractivity contribution in [1.82, 2.24) is 5.32 Å². The van der Waals surface area contributed by atoms with Gasteiger partial charge in [0.1, 0.15) is 30.5 Å². The fourth-order valence-electron chi connectivity index (χ4n) is 8.50. The highest BCUT2D eigenvalue weighted by atomic mass is 16.7. The number of rotatable bonds is 46. The summed E-state index contributed by atoms with van der Waals surface area (Å²) in [6.45, 7) is 3.60. The van der Waals surface area contributed by atoms with Crippen LogP contribution in [0.15, 0.2) is 48.6 Å². The van der Waals surface area contributed by atoms with Gasteiger partial charge in [-0.1, -0.05) is 223 Å². The van der Waals surface area contributed by atoms with Gasteiger partial charge in [-0.2, -0.15) is 0 Å². The van der Waals surface area contributed by atoms with Crippen LogP contribution in [0.2, 0.25) is 0 Å². The fourth-order valence-corrected chi connectivity index (χ4v) is 8.50. The lowest BCUT2D eigenvalue weighted by Crippen LogP contribution is -2.60. The average Bonchev–Trinajstić information content (AvgIpc) is 3.32. The van der Waals surface area contributed by atoms with Crippen molar-refractivity contribution in [2.24, 2.45) is 0 Å². The standard InChI is InChI=1S/C56H103NO9/c1-3-5-7-9-11-13-15-17-19-20-21-22-23-24-25-26-27-28-29-31-33-35-37-39-41-43-45-50(60)55(64)57-48(47-65-56-54(63)53(62)52(61)51(46-58)66-56)49(59)44-42-40-38-36-34-32-30-18-16-14-12-10-8-6-4-2/h21-22,24-25,34,36,42,44,48-54,56,58-63H,3-20,23,26-33,35,37-41,43,45-47H2,1-2H3,(H,57,64)/b22-21-,25-24-,36-34+,44-42+. The Morgan fingerprint density at radius 2 is 0.939 bits per heavy atom. The van der Waals surface area contributed by atoms with Crippen LogP contribution in [0.5, 0.6) is 0 Å². The summed E-state index contributed by atoms with van der Waals surface area (Å²) < 4.78 is 11.2. The van der Waals surface area contributed by atoms with Crippen molar-refractivity contribution >= 4 is 5.91 Å². The number of allylic oxidation sites excluding steroid dienone is 7. The second kappa shape index (κ2) is 45.5. The van der Waals surface area contributed by atoms with E-state index in [0.29, 0.717) is 19.3 Å². The minimum atomic E-state index is -1.62. The zero-order chi connectivity index (χ0) is 48.1. The van der Waals surface area contributed by atoms with Crippen LogP contribution in [0.3, 0.4) is 0 Å². The Morgan fingerprint density at radius 1 is 0.530 bits per heavy atom. The highest BCUT2D eigenvalue weighted by Gasteiger charge is 2.44. The molecule has 10 nitrogen and oxygen atoms in total. The summed E-state index contributed by atoms with van der Waals surface area (Å²) in [6.07, 6.45) is 49.2. The fraction of sp³-hybridized carbons (Fsp3) is 0.839. The molecule has 1 aliphatic heterocycles. The summed E-state index contributed by atoms with van der Waals surface area (Å²) in [5, 5.41) is 64.9. The van der Waals surface area contributed by atoms with Crippen LogP contribution in [0.25, 0.3) is 0 Å². The molecule has 1 fully saturated rings. The van der Waals surface area contributed by atoms with Crippen LogP contribution in [-0.4, -0.2) is 98.7 Å². The van der Waals surface area contributed by atoms with Gasteiger partial charge < -0.3 is 45.4 Å². The number of aliphatic hydroxyl groups is 6.